The number of rotatable bonds is 4. The zero-order chi connectivity index (χ0) is 9.68. The van der Waals surface area contributed by atoms with Crippen LogP contribution in [0.2, 0.25) is 5.15 Å². The minimum absolute atomic E-state index is 0.0682. The number of aliphatic hydroxyl groups is 1. The van der Waals surface area contributed by atoms with Crippen LogP contribution < -0.4 is 10.5 Å². The normalized spacial score (nSPS) is 10.0. The predicted octanol–water partition coefficient (Wildman–Crippen LogP) is 0.473. The lowest BCUT2D eigenvalue weighted by atomic mass is 10.5. The summed E-state index contributed by atoms with van der Waals surface area (Å²) in [5.74, 6) is 0.258. The molecule has 5 nitrogen and oxygen atoms in total. The van der Waals surface area contributed by atoms with Gasteiger partial charge in [-0.15, -0.1) is 0 Å². The molecule has 0 atom stereocenters. The zero-order valence-electron chi connectivity index (χ0n) is 6.90. The fourth-order valence-electron chi connectivity index (χ4n) is 0.708. The highest BCUT2D eigenvalue weighted by molar-refractivity contribution is 6.32. The third-order valence-electron chi connectivity index (χ3n) is 1.34. The Bertz CT molecular complexity index is 282. The topological polar surface area (TPSA) is 81.3 Å². The van der Waals surface area contributed by atoms with Crippen LogP contribution in [0.5, 0.6) is 5.88 Å². The van der Waals surface area contributed by atoms with E-state index in [1.165, 1.54) is 6.33 Å². The molecular formula is C7H10ClN3O2. The fourth-order valence-corrected chi connectivity index (χ4v) is 0.832. The number of anilines is 1. The van der Waals surface area contributed by atoms with E-state index in [0.717, 1.165) is 0 Å². The van der Waals surface area contributed by atoms with E-state index in [4.69, 9.17) is 27.2 Å². The third kappa shape index (κ3) is 2.71. The van der Waals surface area contributed by atoms with Gasteiger partial charge in [0.15, 0.2) is 5.15 Å². The number of nitrogens with two attached hydrogens (primary N) is 1. The highest BCUT2D eigenvalue weighted by Crippen LogP contribution is 2.23. The molecule has 0 fully saturated rings. The first kappa shape index (κ1) is 10.0. The van der Waals surface area contributed by atoms with Crippen molar-refractivity contribution in [3.05, 3.63) is 11.5 Å². The van der Waals surface area contributed by atoms with Gasteiger partial charge < -0.3 is 15.6 Å². The van der Waals surface area contributed by atoms with Gasteiger partial charge in [0.05, 0.1) is 6.61 Å². The summed E-state index contributed by atoms with van der Waals surface area (Å²) < 4.78 is 5.14. The van der Waals surface area contributed by atoms with E-state index in [2.05, 4.69) is 9.97 Å². The van der Waals surface area contributed by atoms with E-state index < -0.39 is 0 Å². The van der Waals surface area contributed by atoms with Crippen LogP contribution in [-0.4, -0.2) is 28.3 Å². The summed E-state index contributed by atoms with van der Waals surface area (Å²) in [7, 11) is 0. The molecule has 0 aliphatic rings. The van der Waals surface area contributed by atoms with Crippen LogP contribution in [-0.2, 0) is 0 Å². The third-order valence-corrected chi connectivity index (χ3v) is 1.64. The molecule has 0 amide bonds. The van der Waals surface area contributed by atoms with Crippen LogP contribution >= 0.6 is 11.6 Å². The largest absolute Gasteiger partial charge is 0.476 e. The van der Waals surface area contributed by atoms with Gasteiger partial charge in [0.2, 0.25) is 5.88 Å². The molecule has 0 aromatic carbocycles. The molecule has 1 heterocycles. The smallest absolute Gasteiger partial charge is 0.241 e. The summed E-state index contributed by atoms with van der Waals surface area (Å²) in [6.45, 7) is 0.423. The Morgan fingerprint density at radius 1 is 1.54 bits per heavy atom. The van der Waals surface area contributed by atoms with Crippen molar-refractivity contribution in [2.75, 3.05) is 18.9 Å². The van der Waals surface area contributed by atoms with Gasteiger partial charge in [0.1, 0.15) is 12.0 Å². The van der Waals surface area contributed by atoms with Gasteiger partial charge in [0.25, 0.3) is 0 Å². The van der Waals surface area contributed by atoms with Crippen LogP contribution in [0.4, 0.5) is 5.69 Å². The van der Waals surface area contributed by atoms with Crippen molar-refractivity contribution >= 4 is 17.3 Å². The fraction of sp³-hybridized carbons (Fsp3) is 0.429. The molecule has 1 rings (SSSR count). The lowest BCUT2D eigenvalue weighted by Crippen LogP contribution is -2.04. The first-order valence-electron chi connectivity index (χ1n) is 3.75. The molecule has 13 heavy (non-hydrogen) atoms. The Hall–Kier alpha value is -1.07. The maximum atomic E-state index is 8.50. The molecule has 0 unspecified atom stereocenters. The van der Waals surface area contributed by atoms with Gasteiger partial charge in [-0.25, -0.2) is 4.98 Å². The second-order valence-corrected chi connectivity index (χ2v) is 2.67. The molecule has 0 saturated heterocycles. The van der Waals surface area contributed by atoms with Gasteiger partial charge in [0, 0.05) is 13.0 Å². The van der Waals surface area contributed by atoms with E-state index in [1.807, 2.05) is 0 Å². The van der Waals surface area contributed by atoms with E-state index in [0.29, 0.717) is 13.0 Å². The number of nitrogen functional groups attached to an aromatic ring is 1. The van der Waals surface area contributed by atoms with Crippen LogP contribution in [0.25, 0.3) is 0 Å². The molecular weight excluding hydrogens is 194 g/mol. The van der Waals surface area contributed by atoms with Gasteiger partial charge in [-0.2, -0.15) is 4.98 Å². The summed E-state index contributed by atoms with van der Waals surface area (Å²) >= 11 is 5.62. The molecule has 0 bridgehead atoms. The average Bonchev–Trinajstić information content (AvgIpc) is 2.13. The molecule has 72 valence electrons. The number of nitrogens with zero attached hydrogens (tertiary/aromatic N) is 2. The number of aromatic nitrogens is 2. The predicted molar refractivity (Wildman–Crippen MR) is 48.7 cm³/mol. The minimum Gasteiger partial charge on any atom is -0.476 e. The standard InChI is InChI=1S/C7H10ClN3O2/c8-6-5(9)7(11-4-10-6)13-3-1-2-12/h4,12H,1-3,9H2. The van der Waals surface area contributed by atoms with Crippen LogP contribution in [0.1, 0.15) is 6.42 Å². The van der Waals surface area contributed by atoms with E-state index >= 15 is 0 Å². The second-order valence-electron chi connectivity index (χ2n) is 2.31. The molecule has 0 radical (unpaired) electrons. The van der Waals surface area contributed by atoms with Crippen LogP contribution in [0, 0.1) is 0 Å². The Morgan fingerprint density at radius 3 is 3.00 bits per heavy atom. The second kappa shape index (κ2) is 4.84. The maximum Gasteiger partial charge on any atom is 0.241 e. The Labute approximate surface area is 80.5 Å². The van der Waals surface area contributed by atoms with Crippen LogP contribution in [0.15, 0.2) is 6.33 Å². The summed E-state index contributed by atoms with van der Waals surface area (Å²) in [4.78, 5) is 7.45. The Balaban J connectivity index is 2.61. The van der Waals surface area contributed by atoms with Crippen molar-refractivity contribution in [3.8, 4) is 5.88 Å². The van der Waals surface area contributed by atoms with E-state index in [-0.39, 0.29) is 23.3 Å². The van der Waals surface area contributed by atoms with Gasteiger partial charge >= 0.3 is 0 Å². The van der Waals surface area contributed by atoms with Crippen molar-refractivity contribution in [1.29, 1.82) is 0 Å². The molecule has 0 aliphatic heterocycles. The van der Waals surface area contributed by atoms with Crippen molar-refractivity contribution in [2.24, 2.45) is 0 Å². The highest BCUT2D eigenvalue weighted by atomic mass is 35.5. The molecule has 0 spiro atoms. The van der Waals surface area contributed by atoms with Crippen molar-refractivity contribution in [3.63, 3.8) is 0 Å². The molecule has 0 aliphatic carbocycles. The van der Waals surface area contributed by atoms with Gasteiger partial charge in [-0.1, -0.05) is 11.6 Å². The lowest BCUT2D eigenvalue weighted by Gasteiger charge is -2.06. The highest BCUT2D eigenvalue weighted by Gasteiger charge is 2.05. The number of hydrogen-bond acceptors (Lipinski definition) is 5. The average molecular weight is 204 g/mol. The van der Waals surface area contributed by atoms with Crippen molar-refractivity contribution in [2.45, 2.75) is 6.42 Å². The molecule has 6 heteroatoms. The quantitative estimate of drug-likeness (QED) is 0.549. The molecule has 3 N–H and O–H groups in total. The molecule has 1 aromatic heterocycles. The molecule has 1 aromatic rings. The first-order chi connectivity index (χ1) is 6.25. The zero-order valence-corrected chi connectivity index (χ0v) is 7.66. The van der Waals surface area contributed by atoms with Crippen molar-refractivity contribution < 1.29 is 9.84 Å². The number of hydrogen-bond donors (Lipinski definition) is 2. The lowest BCUT2D eigenvalue weighted by molar-refractivity contribution is 0.230. The van der Waals surface area contributed by atoms with Crippen LogP contribution in [0.3, 0.4) is 0 Å². The van der Waals surface area contributed by atoms with Gasteiger partial charge in [-0.3, -0.25) is 0 Å². The minimum atomic E-state index is 0.0682. The summed E-state index contributed by atoms with van der Waals surface area (Å²) in [6.07, 6.45) is 1.80. The Kier molecular flexibility index (Phi) is 3.72. The number of ether oxygens (including phenoxy) is 1. The maximum absolute atomic E-state index is 8.50. The molecule has 0 saturated carbocycles. The monoisotopic (exact) mass is 203 g/mol. The summed E-state index contributed by atoms with van der Waals surface area (Å²) in [5.41, 5.74) is 5.74. The summed E-state index contributed by atoms with van der Waals surface area (Å²) in [5, 5.41) is 8.67. The number of aliphatic hydroxyl groups excluding tert-OH is 1. The Morgan fingerprint density at radius 2 is 2.31 bits per heavy atom. The SMILES string of the molecule is Nc1c(Cl)ncnc1OCCCO. The number of halogens is 1. The first-order valence-corrected chi connectivity index (χ1v) is 4.13. The van der Waals surface area contributed by atoms with E-state index in [1.54, 1.807) is 0 Å². The van der Waals surface area contributed by atoms with Gasteiger partial charge in [-0.05, 0) is 0 Å². The van der Waals surface area contributed by atoms with E-state index in [9.17, 15) is 0 Å². The summed E-state index contributed by atoms with van der Waals surface area (Å²) in [6, 6.07) is 0. The van der Waals surface area contributed by atoms with Crippen molar-refractivity contribution in [1.82, 2.24) is 9.97 Å².